The van der Waals surface area contributed by atoms with Gasteiger partial charge in [0.2, 0.25) is 0 Å². The molecule has 0 aliphatic heterocycles. The van der Waals surface area contributed by atoms with Gasteiger partial charge in [-0.15, -0.1) is 0 Å². The van der Waals surface area contributed by atoms with Crippen LogP contribution in [0.4, 0.5) is 0 Å². The number of rotatable bonds is 5. The molecule has 2 unspecified atom stereocenters. The van der Waals surface area contributed by atoms with Crippen molar-refractivity contribution in [2.45, 2.75) is 58.1 Å². The van der Waals surface area contributed by atoms with E-state index in [4.69, 9.17) is 0 Å². The molecule has 14 heavy (non-hydrogen) atoms. The fourth-order valence-electron chi connectivity index (χ4n) is 2.32. The fraction of sp³-hybridized carbons (Fsp3) is 1.00. The lowest BCUT2D eigenvalue weighted by Crippen LogP contribution is -2.60. The van der Waals surface area contributed by atoms with E-state index in [0.29, 0.717) is 6.04 Å². The molecule has 2 aliphatic rings. The lowest BCUT2D eigenvalue weighted by molar-refractivity contribution is -0.0722. The Morgan fingerprint density at radius 3 is 2.57 bits per heavy atom. The van der Waals surface area contributed by atoms with Crippen LogP contribution in [0, 0.1) is 11.3 Å². The first kappa shape index (κ1) is 10.4. The van der Waals surface area contributed by atoms with Gasteiger partial charge in [-0.25, -0.2) is 0 Å². The van der Waals surface area contributed by atoms with Gasteiger partial charge < -0.3 is 10.4 Å². The fourth-order valence-corrected chi connectivity index (χ4v) is 2.32. The summed E-state index contributed by atoms with van der Waals surface area (Å²) in [6.07, 6.45) is 6.50. The van der Waals surface area contributed by atoms with Crippen molar-refractivity contribution in [3.63, 3.8) is 0 Å². The molecule has 2 heteroatoms. The van der Waals surface area contributed by atoms with Gasteiger partial charge in [0.05, 0.1) is 6.10 Å². The molecular weight excluding hydrogens is 174 g/mol. The molecule has 2 aliphatic carbocycles. The molecule has 2 N–H and O–H groups in total. The second kappa shape index (κ2) is 3.82. The molecular formula is C12H23NO. The highest BCUT2D eigenvalue weighted by atomic mass is 16.3. The summed E-state index contributed by atoms with van der Waals surface area (Å²) in [6.45, 7) is 5.44. The van der Waals surface area contributed by atoms with Crippen molar-refractivity contribution in [2.75, 3.05) is 6.54 Å². The first-order chi connectivity index (χ1) is 6.60. The van der Waals surface area contributed by atoms with E-state index in [1.54, 1.807) is 0 Å². The summed E-state index contributed by atoms with van der Waals surface area (Å²) in [5.74, 6) is 1.05. The van der Waals surface area contributed by atoms with Crippen molar-refractivity contribution in [3.05, 3.63) is 0 Å². The average molecular weight is 197 g/mol. The molecule has 2 fully saturated rings. The molecule has 2 nitrogen and oxygen atoms in total. The van der Waals surface area contributed by atoms with Gasteiger partial charge in [0, 0.05) is 11.5 Å². The monoisotopic (exact) mass is 197 g/mol. The summed E-state index contributed by atoms with van der Waals surface area (Å²) in [4.78, 5) is 0. The van der Waals surface area contributed by atoms with Crippen molar-refractivity contribution in [2.24, 2.45) is 11.3 Å². The van der Waals surface area contributed by atoms with Gasteiger partial charge in [-0.2, -0.15) is 0 Å². The van der Waals surface area contributed by atoms with E-state index in [1.165, 1.54) is 25.7 Å². The maximum atomic E-state index is 9.56. The number of aliphatic hydroxyl groups excluding tert-OH is 1. The highest BCUT2D eigenvalue weighted by Gasteiger charge is 2.46. The van der Waals surface area contributed by atoms with Gasteiger partial charge in [-0.1, -0.05) is 26.7 Å². The van der Waals surface area contributed by atoms with Gasteiger partial charge in [0.15, 0.2) is 0 Å². The van der Waals surface area contributed by atoms with E-state index >= 15 is 0 Å². The predicted molar refractivity (Wildman–Crippen MR) is 58.2 cm³/mol. The van der Waals surface area contributed by atoms with Crippen LogP contribution in [0.3, 0.4) is 0 Å². The topological polar surface area (TPSA) is 32.3 Å². The minimum Gasteiger partial charge on any atom is -0.392 e. The summed E-state index contributed by atoms with van der Waals surface area (Å²) in [6, 6.07) is 0.539. The van der Waals surface area contributed by atoms with E-state index in [9.17, 15) is 5.11 Å². The summed E-state index contributed by atoms with van der Waals surface area (Å²) >= 11 is 0. The minimum atomic E-state index is -0.0940. The van der Waals surface area contributed by atoms with Crippen LogP contribution in [0.2, 0.25) is 0 Å². The third-order valence-electron chi connectivity index (χ3n) is 4.09. The maximum absolute atomic E-state index is 9.56. The number of aliphatic hydroxyl groups is 1. The average Bonchev–Trinajstić information content (AvgIpc) is 2.94. The number of nitrogens with one attached hydrogen (secondary N) is 1. The summed E-state index contributed by atoms with van der Waals surface area (Å²) in [7, 11) is 0. The molecule has 82 valence electrons. The van der Waals surface area contributed by atoms with E-state index in [0.717, 1.165) is 18.9 Å². The third-order valence-corrected chi connectivity index (χ3v) is 4.09. The summed E-state index contributed by atoms with van der Waals surface area (Å²) in [5, 5.41) is 13.1. The quantitative estimate of drug-likeness (QED) is 0.660. The summed E-state index contributed by atoms with van der Waals surface area (Å²) in [5.41, 5.74) is 0.0968. The van der Waals surface area contributed by atoms with Crippen LogP contribution < -0.4 is 5.32 Å². The molecule has 2 atom stereocenters. The van der Waals surface area contributed by atoms with Crippen LogP contribution in [0.5, 0.6) is 0 Å². The van der Waals surface area contributed by atoms with Crippen molar-refractivity contribution < 1.29 is 5.11 Å². The second-order valence-electron chi connectivity index (χ2n) is 5.67. The molecule has 2 rings (SSSR count). The minimum absolute atomic E-state index is 0.0940. The zero-order valence-corrected chi connectivity index (χ0v) is 9.42. The Balaban J connectivity index is 1.57. The largest absolute Gasteiger partial charge is 0.392 e. The Kier molecular flexibility index (Phi) is 2.85. The van der Waals surface area contributed by atoms with Crippen LogP contribution in [-0.2, 0) is 0 Å². The van der Waals surface area contributed by atoms with Crippen LogP contribution in [0.15, 0.2) is 0 Å². The Labute approximate surface area is 87.1 Å². The first-order valence-corrected chi connectivity index (χ1v) is 6.02. The highest BCUT2D eigenvalue weighted by Crippen LogP contribution is 2.40. The molecule has 0 aromatic carbocycles. The molecule has 0 spiro atoms. The van der Waals surface area contributed by atoms with Crippen molar-refractivity contribution in [1.29, 1.82) is 0 Å². The molecule has 0 aromatic heterocycles. The van der Waals surface area contributed by atoms with Gasteiger partial charge in [0.1, 0.15) is 0 Å². The van der Waals surface area contributed by atoms with E-state index < -0.39 is 0 Å². The van der Waals surface area contributed by atoms with Crippen molar-refractivity contribution in [1.82, 2.24) is 5.32 Å². The molecule has 0 aromatic rings. The second-order valence-corrected chi connectivity index (χ2v) is 5.67. The highest BCUT2D eigenvalue weighted by molar-refractivity contribution is 5.01. The molecule has 0 saturated heterocycles. The predicted octanol–water partition coefficient (Wildman–Crippen LogP) is 1.93. The van der Waals surface area contributed by atoms with Gasteiger partial charge in [-0.05, 0) is 31.7 Å². The molecule has 0 heterocycles. The molecule has 0 amide bonds. The normalized spacial score (nSPS) is 35.4. The van der Waals surface area contributed by atoms with Crippen molar-refractivity contribution >= 4 is 0 Å². The Hall–Kier alpha value is -0.0800. The van der Waals surface area contributed by atoms with Crippen LogP contribution in [0.1, 0.15) is 46.0 Å². The Morgan fingerprint density at radius 1 is 1.36 bits per heavy atom. The van der Waals surface area contributed by atoms with E-state index in [2.05, 4.69) is 19.2 Å². The zero-order valence-electron chi connectivity index (χ0n) is 9.42. The lowest BCUT2D eigenvalue weighted by Gasteiger charge is -2.49. The van der Waals surface area contributed by atoms with E-state index in [-0.39, 0.29) is 11.5 Å². The van der Waals surface area contributed by atoms with Crippen LogP contribution in [-0.4, -0.2) is 23.8 Å². The molecule has 0 radical (unpaired) electrons. The lowest BCUT2D eigenvalue weighted by atomic mass is 9.64. The van der Waals surface area contributed by atoms with Gasteiger partial charge in [0.25, 0.3) is 0 Å². The Bertz CT molecular complexity index is 198. The maximum Gasteiger partial charge on any atom is 0.0621 e. The molecule has 0 bridgehead atoms. The van der Waals surface area contributed by atoms with Gasteiger partial charge in [-0.3, -0.25) is 0 Å². The third kappa shape index (κ3) is 2.12. The van der Waals surface area contributed by atoms with Crippen molar-refractivity contribution in [3.8, 4) is 0 Å². The molecule has 2 saturated carbocycles. The number of hydrogen-bond acceptors (Lipinski definition) is 2. The smallest absolute Gasteiger partial charge is 0.0621 e. The zero-order chi connectivity index (χ0) is 10.2. The standard InChI is InChI=1S/C12H23NO/c1-12(2)10(8-11(12)14)13-7-3-4-9-5-6-9/h9-11,13-14H,3-8H2,1-2H3. The van der Waals surface area contributed by atoms with Crippen LogP contribution >= 0.6 is 0 Å². The van der Waals surface area contributed by atoms with Crippen LogP contribution in [0.25, 0.3) is 0 Å². The SMILES string of the molecule is CC1(C)C(O)CC1NCCCC1CC1. The first-order valence-electron chi connectivity index (χ1n) is 6.02. The van der Waals surface area contributed by atoms with E-state index in [1.807, 2.05) is 0 Å². The summed E-state index contributed by atoms with van der Waals surface area (Å²) < 4.78 is 0. The Morgan fingerprint density at radius 2 is 2.07 bits per heavy atom. The number of hydrogen-bond donors (Lipinski definition) is 2. The van der Waals surface area contributed by atoms with Gasteiger partial charge >= 0.3 is 0 Å².